The molecule has 0 unspecified atom stereocenters. The molecular weight excluding hydrogens is 557 g/mol. The summed E-state index contributed by atoms with van der Waals surface area (Å²) in [6, 6.07) is 6.15. The van der Waals surface area contributed by atoms with Crippen molar-refractivity contribution in [2.75, 3.05) is 26.2 Å². The fraction of sp³-hybridized carbons (Fsp3) is 0.464. The fourth-order valence-electron chi connectivity index (χ4n) is 4.35. The molecule has 0 saturated heterocycles. The second-order valence-corrected chi connectivity index (χ2v) is 10.1. The summed E-state index contributed by atoms with van der Waals surface area (Å²) >= 11 is 0. The quantitative estimate of drug-likeness (QED) is 0.141. The lowest BCUT2D eigenvalue weighted by Crippen LogP contribution is -2.49. The van der Waals surface area contributed by atoms with Gasteiger partial charge < -0.3 is 32.4 Å². The van der Waals surface area contributed by atoms with Crippen molar-refractivity contribution in [1.29, 1.82) is 0 Å². The van der Waals surface area contributed by atoms with Gasteiger partial charge in [-0.05, 0) is 54.1 Å². The molecule has 0 aliphatic rings. The van der Waals surface area contributed by atoms with Crippen LogP contribution in [0.25, 0.3) is 0 Å². The zero-order valence-corrected chi connectivity index (χ0v) is 23.5. The van der Waals surface area contributed by atoms with Gasteiger partial charge in [-0.1, -0.05) is 31.1 Å². The summed E-state index contributed by atoms with van der Waals surface area (Å²) in [6.45, 7) is 1.37. The molecule has 42 heavy (non-hydrogen) atoms. The number of halogens is 4. The van der Waals surface area contributed by atoms with Crippen molar-refractivity contribution >= 4 is 30.0 Å². The third kappa shape index (κ3) is 10.8. The van der Waals surface area contributed by atoms with Gasteiger partial charge in [0.1, 0.15) is 5.82 Å². The number of rotatable bonds is 16. The third-order valence-electron chi connectivity index (χ3n) is 6.75. The summed E-state index contributed by atoms with van der Waals surface area (Å²) in [5.74, 6) is -2.03. The second kappa shape index (κ2) is 16.3. The van der Waals surface area contributed by atoms with Crippen LogP contribution in [-0.2, 0) is 33.4 Å². The molecule has 0 radical (unpaired) electrons. The summed E-state index contributed by atoms with van der Waals surface area (Å²) < 4.78 is 52.8. The maximum atomic E-state index is 14.0. The van der Waals surface area contributed by atoms with E-state index in [9.17, 15) is 37.0 Å². The number of nitrogens with two attached hydrogens (primary N) is 3. The summed E-state index contributed by atoms with van der Waals surface area (Å²) in [7, 11) is 0. The summed E-state index contributed by atoms with van der Waals surface area (Å²) in [5.41, 5.74) is 17.2. The highest BCUT2D eigenvalue weighted by Gasteiger charge is 2.30. The maximum Gasteiger partial charge on any atom is 0.416 e. The van der Waals surface area contributed by atoms with Gasteiger partial charge in [-0.3, -0.25) is 14.4 Å². The van der Waals surface area contributed by atoms with Crippen molar-refractivity contribution in [2.45, 2.75) is 57.2 Å². The van der Waals surface area contributed by atoms with E-state index in [0.717, 1.165) is 18.2 Å². The molecule has 9 nitrogen and oxygen atoms in total. The van der Waals surface area contributed by atoms with Crippen LogP contribution < -0.4 is 28.0 Å². The van der Waals surface area contributed by atoms with Crippen molar-refractivity contribution in [1.82, 2.24) is 10.2 Å². The Bertz CT molecular complexity index is 1190. The Morgan fingerprint density at radius 3 is 2.14 bits per heavy atom. The standard InChI is InChI=1S/C28H38BF4N5O4/c1-29(42)21-16-19(4-8-22(21)30)17-25(39)24(10-5-18-2-6-20(7-3-18)28(31,32)33)37-27(41)23(36)9-11-26(40)38(14-12-34)15-13-35/h2-4,6-8,16,23-24,42H,5,9-15,17,34-36H2,1H3,(H,37,41)/t23-,24+/m0/s1. The van der Waals surface area contributed by atoms with Crippen LogP contribution in [0.1, 0.15) is 36.0 Å². The van der Waals surface area contributed by atoms with E-state index < -0.39 is 48.2 Å². The van der Waals surface area contributed by atoms with Gasteiger partial charge in [0.15, 0.2) is 5.78 Å². The number of hydrogen-bond acceptors (Lipinski definition) is 7. The molecular formula is C28H38BF4N5O4. The van der Waals surface area contributed by atoms with Crippen molar-refractivity contribution in [3.8, 4) is 0 Å². The highest BCUT2D eigenvalue weighted by atomic mass is 19.4. The Morgan fingerprint density at radius 1 is 1.00 bits per heavy atom. The van der Waals surface area contributed by atoms with Crippen LogP contribution in [-0.4, -0.2) is 72.7 Å². The number of Topliss-reactive ketones (excluding diaryl/α,β-unsaturated/α-hetero) is 1. The van der Waals surface area contributed by atoms with E-state index >= 15 is 0 Å². The van der Waals surface area contributed by atoms with E-state index in [2.05, 4.69) is 5.32 Å². The average molecular weight is 595 g/mol. The largest absolute Gasteiger partial charge is 0.446 e. The molecule has 230 valence electrons. The van der Waals surface area contributed by atoms with Gasteiger partial charge in [0.2, 0.25) is 11.8 Å². The minimum atomic E-state index is -4.49. The van der Waals surface area contributed by atoms with E-state index in [1.807, 2.05) is 0 Å². The lowest BCUT2D eigenvalue weighted by Gasteiger charge is -2.23. The number of nitrogens with one attached hydrogen (secondary N) is 1. The number of hydrogen-bond donors (Lipinski definition) is 5. The molecule has 0 saturated carbocycles. The molecule has 0 spiro atoms. The molecule has 0 aromatic heterocycles. The average Bonchev–Trinajstić information content (AvgIpc) is 2.94. The summed E-state index contributed by atoms with van der Waals surface area (Å²) in [4.78, 5) is 40.2. The number of amides is 2. The first kappa shape index (κ1) is 34.9. The van der Waals surface area contributed by atoms with Crippen LogP contribution >= 0.6 is 0 Å². The molecule has 8 N–H and O–H groups in total. The van der Waals surface area contributed by atoms with Gasteiger partial charge in [-0.25, -0.2) is 4.39 Å². The lowest BCUT2D eigenvalue weighted by atomic mass is 9.64. The molecule has 0 aliphatic heterocycles. The van der Waals surface area contributed by atoms with E-state index in [-0.39, 0.29) is 56.6 Å². The second-order valence-electron chi connectivity index (χ2n) is 10.1. The highest BCUT2D eigenvalue weighted by molar-refractivity contribution is 6.64. The fourth-order valence-corrected chi connectivity index (χ4v) is 4.35. The first-order chi connectivity index (χ1) is 19.8. The van der Waals surface area contributed by atoms with Crippen LogP contribution in [0.2, 0.25) is 6.82 Å². The number of carbonyl (C=O) groups is 3. The normalized spacial score (nSPS) is 12.9. The molecule has 2 atom stereocenters. The number of carbonyl (C=O) groups excluding carboxylic acids is 3. The highest BCUT2D eigenvalue weighted by Crippen LogP contribution is 2.29. The smallest absolute Gasteiger partial charge is 0.416 e. The Balaban J connectivity index is 2.15. The van der Waals surface area contributed by atoms with Gasteiger partial charge >= 0.3 is 13.1 Å². The van der Waals surface area contributed by atoms with Crippen LogP contribution in [0.5, 0.6) is 0 Å². The van der Waals surface area contributed by atoms with Crippen molar-refractivity contribution in [2.24, 2.45) is 17.2 Å². The number of alkyl halides is 3. The zero-order valence-electron chi connectivity index (χ0n) is 23.5. The van der Waals surface area contributed by atoms with E-state index in [1.165, 1.54) is 36.0 Å². The Kier molecular flexibility index (Phi) is 13.6. The predicted molar refractivity (Wildman–Crippen MR) is 152 cm³/mol. The van der Waals surface area contributed by atoms with Crippen LogP contribution in [0.3, 0.4) is 0 Å². The molecule has 0 heterocycles. The van der Waals surface area contributed by atoms with E-state index in [0.29, 0.717) is 24.2 Å². The van der Waals surface area contributed by atoms with Crippen LogP contribution in [0.15, 0.2) is 42.5 Å². The molecule has 0 bridgehead atoms. The molecule has 2 amide bonds. The Morgan fingerprint density at radius 2 is 1.60 bits per heavy atom. The Labute approximate surface area is 242 Å². The molecule has 0 aliphatic carbocycles. The molecule has 2 aromatic carbocycles. The number of benzene rings is 2. The lowest BCUT2D eigenvalue weighted by molar-refractivity contribution is -0.137. The minimum Gasteiger partial charge on any atom is -0.446 e. The van der Waals surface area contributed by atoms with Crippen LogP contribution in [0.4, 0.5) is 17.6 Å². The first-order valence-corrected chi connectivity index (χ1v) is 13.7. The number of ketones is 1. The SMILES string of the molecule is CB(O)c1cc(CC(=O)[C@@H](CCc2ccc(C(F)(F)F)cc2)NC(=O)[C@@H](N)CCC(=O)N(CCN)CCN)ccc1F. The van der Waals surface area contributed by atoms with Gasteiger partial charge in [-0.15, -0.1) is 0 Å². The number of aryl methyl sites for hydroxylation is 1. The molecule has 2 aromatic rings. The van der Waals surface area contributed by atoms with Crippen LogP contribution in [0, 0.1) is 5.82 Å². The van der Waals surface area contributed by atoms with Gasteiger partial charge in [0, 0.05) is 39.0 Å². The molecule has 0 fully saturated rings. The van der Waals surface area contributed by atoms with Gasteiger partial charge in [0.05, 0.1) is 17.6 Å². The van der Waals surface area contributed by atoms with Crippen molar-refractivity contribution in [3.63, 3.8) is 0 Å². The predicted octanol–water partition coefficient (Wildman–Crippen LogP) is 0.748. The maximum absolute atomic E-state index is 14.0. The molecule has 2 rings (SSSR count). The third-order valence-corrected chi connectivity index (χ3v) is 6.75. The summed E-state index contributed by atoms with van der Waals surface area (Å²) in [6.07, 6.45) is -4.54. The zero-order chi connectivity index (χ0) is 31.4. The number of nitrogens with zero attached hydrogens (tertiary/aromatic N) is 1. The van der Waals surface area contributed by atoms with Crippen molar-refractivity contribution < 1.29 is 37.0 Å². The van der Waals surface area contributed by atoms with Gasteiger partial charge in [0.25, 0.3) is 0 Å². The van der Waals surface area contributed by atoms with Gasteiger partial charge in [-0.2, -0.15) is 13.2 Å². The van der Waals surface area contributed by atoms with E-state index in [4.69, 9.17) is 17.2 Å². The van der Waals surface area contributed by atoms with Crippen molar-refractivity contribution in [3.05, 3.63) is 65.0 Å². The van der Waals surface area contributed by atoms with E-state index in [1.54, 1.807) is 0 Å². The molecule has 14 heteroatoms. The summed E-state index contributed by atoms with van der Waals surface area (Å²) in [5, 5.41) is 12.4. The topological polar surface area (TPSA) is 165 Å². The first-order valence-electron chi connectivity index (χ1n) is 13.7. The monoisotopic (exact) mass is 595 g/mol. The minimum absolute atomic E-state index is 0.00810. The Hall–Kier alpha value is -3.33.